The number of hydrogen-bond acceptors (Lipinski definition) is 6. The highest BCUT2D eigenvalue weighted by molar-refractivity contribution is 7.15. The van der Waals surface area contributed by atoms with Gasteiger partial charge in [0.05, 0.1) is 17.9 Å². The minimum absolute atomic E-state index is 0.135. The molecule has 1 saturated heterocycles. The normalized spacial score (nSPS) is 16.5. The molecule has 4 amide bonds. The molecule has 0 atom stereocenters. The Morgan fingerprint density at radius 1 is 1.10 bits per heavy atom. The summed E-state index contributed by atoms with van der Waals surface area (Å²) in [5, 5.41) is 3.10. The number of nitrogens with one attached hydrogen (secondary N) is 1. The maximum Gasteiger partial charge on any atom is 0.341 e. The van der Waals surface area contributed by atoms with Gasteiger partial charge in [0.25, 0.3) is 11.8 Å². The van der Waals surface area contributed by atoms with Gasteiger partial charge in [0.1, 0.15) is 10.6 Å². The minimum atomic E-state index is -0.779. The molecule has 2 aliphatic rings. The van der Waals surface area contributed by atoms with Crippen LogP contribution in [0.15, 0.2) is 35.9 Å². The Morgan fingerprint density at radius 2 is 1.80 bits per heavy atom. The van der Waals surface area contributed by atoms with Crippen molar-refractivity contribution >= 4 is 46.9 Å². The van der Waals surface area contributed by atoms with Crippen molar-refractivity contribution < 1.29 is 23.9 Å². The third-order valence-electron chi connectivity index (χ3n) is 7.53. The van der Waals surface area contributed by atoms with Crippen LogP contribution in [-0.2, 0) is 27.2 Å². The lowest BCUT2D eigenvalue weighted by Gasteiger charge is -2.26. The topological polar surface area (TPSA) is 97.7 Å². The fourth-order valence-electron chi connectivity index (χ4n) is 5.42. The molecule has 8 nitrogen and oxygen atoms in total. The van der Waals surface area contributed by atoms with E-state index in [0.717, 1.165) is 58.1 Å². The van der Waals surface area contributed by atoms with Gasteiger partial charge in [0.2, 0.25) is 0 Å². The van der Waals surface area contributed by atoms with E-state index in [1.54, 1.807) is 30.4 Å². The molecule has 9 heteroatoms. The second-order valence-electron chi connectivity index (χ2n) is 10.5. The Morgan fingerprint density at radius 3 is 2.48 bits per heavy atom. The summed E-state index contributed by atoms with van der Waals surface area (Å²) in [6, 6.07) is 8.27. The molecule has 208 valence electrons. The van der Waals surface area contributed by atoms with Crippen molar-refractivity contribution in [2.24, 2.45) is 0 Å². The number of esters is 1. The van der Waals surface area contributed by atoms with Crippen LogP contribution in [0.4, 0.5) is 10.5 Å². The van der Waals surface area contributed by atoms with Gasteiger partial charge in [0, 0.05) is 16.3 Å². The summed E-state index contributed by atoms with van der Waals surface area (Å²) < 4.78 is 7.44. The highest BCUT2D eigenvalue weighted by atomic mass is 32.1. The van der Waals surface area contributed by atoms with Crippen LogP contribution < -0.4 is 10.2 Å². The molecule has 0 saturated carbocycles. The number of hydrogen-bond donors (Lipinski definition) is 1. The van der Waals surface area contributed by atoms with E-state index >= 15 is 0 Å². The number of anilines is 1. The molecule has 0 radical (unpaired) electrons. The lowest BCUT2D eigenvalue weighted by atomic mass is 9.95. The summed E-state index contributed by atoms with van der Waals surface area (Å²) >= 11 is 1.60. The molecule has 3 heterocycles. The lowest BCUT2D eigenvalue weighted by molar-refractivity contribution is -0.122. The Balaban J connectivity index is 1.56. The number of ether oxygens (including phenoxy) is 1. The van der Waals surface area contributed by atoms with E-state index in [0.29, 0.717) is 22.7 Å². The molecule has 1 aromatic carbocycles. The molecule has 1 aliphatic carbocycles. The highest BCUT2D eigenvalue weighted by Gasteiger charge is 2.37. The van der Waals surface area contributed by atoms with Crippen molar-refractivity contribution in [2.45, 2.75) is 66.2 Å². The molecule has 5 rings (SSSR count). The van der Waals surface area contributed by atoms with E-state index in [1.165, 1.54) is 11.0 Å². The monoisotopic (exact) mass is 559 g/mol. The summed E-state index contributed by atoms with van der Waals surface area (Å²) in [5.41, 5.74) is 5.29. The van der Waals surface area contributed by atoms with E-state index in [-0.39, 0.29) is 18.1 Å². The average Bonchev–Trinajstić information content (AvgIpc) is 3.42. The third kappa shape index (κ3) is 4.79. The van der Waals surface area contributed by atoms with Gasteiger partial charge in [-0.25, -0.2) is 14.5 Å². The van der Waals surface area contributed by atoms with Crippen LogP contribution in [0.5, 0.6) is 0 Å². The molecule has 3 aromatic rings. The number of rotatable bonds is 6. The van der Waals surface area contributed by atoms with Gasteiger partial charge in [-0.05, 0) is 93.3 Å². The smallest absolute Gasteiger partial charge is 0.341 e. The number of imide groups is 2. The molecule has 1 fully saturated rings. The number of aromatic nitrogens is 1. The van der Waals surface area contributed by atoms with Gasteiger partial charge in [-0.2, -0.15) is 0 Å². The number of carbonyl (C=O) groups excluding carboxylic acids is 4. The molecule has 0 unspecified atom stereocenters. The van der Waals surface area contributed by atoms with Gasteiger partial charge in [0.15, 0.2) is 0 Å². The second kappa shape index (κ2) is 10.9. The second-order valence-corrected chi connectivity index (χ2v) is 11.6. The van der Waals surface area contributed by atoms with Gasteiger partial charge in [-0.15, -0.1) is 11.3 Å². The number of urea groups is 1. The number of carbonyl (C=O) groups is 4. The molecule has 2 aromatic heterocycles. The van der Waals surface area contributed by atoms with Gasteiger partial charge in [-0.1, -0.05) is 26.0 Å². The fourth-order valence-corrected chi connectivity index (χ4v) is 6.91. The number of fused-ring (bicyclic) bond motifs is 1. The van der Waals surface area contributed by atoms with Crippen molar-refractivity contribution in [3.05, 3.63) is 74.4 Å². The largest absolute Gasteiger partial charge is 0.462 e. The summed E-state index contributed by atoms with van der Waals surface area (Å²) in [4.78, 5) is 54.3. The number of nitrogens with zero attached hydrogens (tertiary/aromatic N) is 2. The molecular formula is C31H33N3O5S. The van der Waals surface area contributed by atoms with E-state index in [2.05, 4.69) is 19.2 Å². The first-order chi connectivity index (χ1) is 19.1. The van der Waals surface area contributed by atoms with Crippen LogP contribution in [-0.4, -0.2) is 35.0 Å². The van der Waals surface area contributed by atoms with Gasteiger partial charge < -0.3 is 9.30 Å². The Kier molecular flexibility index (Phi) is 7.51. The lowest BCUT2D eigenvalue weighted by Crippen LogP contribution is -2.54. The SMILES string of the molecule is CCOC(=O)c1c(-n2c(C)cc(/C=C3\C(=O)NC(=O)N(c4ccc(C(C)C)cc4)C3=O)c2C)sc2c1CCCC2. The van der Waals surface area contributed by atoms with Crippen molar-refractivity contribution in [1.29, 1.82) is 0 Å². The summed E-state index contributed by atoms with van der Waals surface area (Å²) in [6.07, 6.45) is 5.41. The number of barbiturate groups is 1. The van der Waals surface area contributed by atoms with Crippen LogP contribution in [0.1, 0.15) is 82.8 Å². The summed E-state index contributed by atoms with van der Waals surface area (Å²) in [5.74, 6) is -1.46. The maximum atomic E-state index is 13.5. The highest BCUT2D eigenvalue weighted by Crippen LogP contribution is 2.39. The predicted octanol–water partition coefficient (Wildman–Crippen LogP) is 6.00. The first kappa shape index (κ1) is 27.6. The van der Waals surface area contributed by atoms with Crippen molar-refractivity contribution in [3.63, 3.8) is 0 Å². The minimum Gasteiger partial charge on any atom is -0.462 e. The van der Waals surface area contributed by atoms with Crippen LogP contribution in [0.25, 0.3) is 11.1 Å². The number of benzene rings is 1. The van der Waals surface area contributed by atoms with E-state index < -0.39 is 17.8 Å². The number of aryl methyl sites for hydroxylation is 2. The zero-order chi connectivity index (χ0) is 28.7. The van der Waals surface area contributed by atoms with Crippen molar-refractivity contribution in [2.75, 3.05) is 11.5 Å². The van der Waals surface area contributed by atoms with E-state index in [1.807, 2.05) is 36.6 Å². The van der Waals surface area contributed by atoms with Crippen LogP contribution in [0.2, 0.25) is 0 Å². The summed E-state index contributed by atoms with van der Waals surface area (Å²) in [6.45, 7) is 10.0. The first-order valence-electron chi connectivity index (χ1n) is 13.6. The van der Waals surface area contributed by atoms with E-state index in [4.69, 9.17) is 4.74 Å². The Hall–Kier alpha value is -3.98. The fraction of sp³-hybridized carbons (Fsp3) is 0.355. The molecule has 0 bridgehead atoms. The average molecular weight is 560 g/mol. The summed E-state index contributed by atoms with van der Waals surface area (Å²) in [7, 11) is 0. The third-order valence-corrected chi connectivity index (χ3v) is 8.80. The maximum absolute atomic E-state index is 13.5. The zero-order valence-electron chi connectivity index (χ0n) is 23.4. The van der Waals surface area contributed by atoms with Crippen LogP contribution in [0, 0.1) is 13.8 Å². The van der Waals surface area contributed by atoms with E-state index in [9.17, 15) is 19.2 Å². The van der Waals surface area contributed by atoms with Gasteiger partial charge in [-0.3, -0.25) is 14.9 Å². The number of thiophene rings is 1. The quantitative estimate of drug-likeness (QED) is 0.227. The van der Waals surface area contributed by atoms with Crippen LogP contribution >= 0.6 is 11.3 Å². The molecule has 1 aliphatic heterocycles. The molecule has 0 spiro atoms. The number of amides is 4. The molecule has 40 heavy (non-hydrogen) atoms. The van der Waals surface area contributed by atoms with Crippen LogP contribution in [0.3, 0.4) is 0 Å². The zero-order valence-corrected chi connectivity index (χ0v) is 24.2. The Labute approximate surface area is 237 Å². The standard InChI is InChI=1S/C31H33N3O5S/c1-6-39-30(37)26-23-9-7-8-10-25(23)40-29(26)33-18(4)15-21(19(33)5)16-24-27(35)32-31(38)34(28(24)36)22-13-11-20(12-14-22)17(2)3/h11-17H,6-10H2,1-5H3,(H,32,35,38)/b24-16+. The van der Waals surface area contributed by atoms with Gasteiger partial charge >= 0.3 is 12.0 Å². The molecular weight excluding hydrogens is 526 g/mol. The Bertz CT molecular complexity index is 1560. The predicted molar refractivity (Wildman–Crippen MR) is 155 cm³/mol. The van der Waals surface area contributed by atoms with Crippen molar-refractivity contribution in [1.82, 2.24) is 9.88 Å². The van der Waals surface area contributed by atoms with Crippen molar-refractivity contribution in [3.8, 4) is 5.00 Å². The first-order valence-corrected chi connectivity index (χ1v) is 14.5. The molecule has 1 N–H and O–H groups in total.